The zero-order valence-electron chi connectivity index (χ0n) is 15.2. The molecule has 1 amide bonds. The largest absolute Gasteiger partial charge is 0.497 e. The van der Waals surface area contributed by atoms with Gasteiger partial charge in [0, 0.05) is 19.6 Å². The van der Waals surface area contributed by atoms with Gasteiger partial charge in [-0.2, -0.15) is 0 Å². The fourth-order valence-corrected chi connectivity index (χ4v) is 4.80. The van der Waals surface area contributed by atoms with Crippen LogP contribution >= 0.6 is 0 Å². The number of sulfonamides is 1. The molecule has 1 atom stereocenters. The molecule has 140 valence electrons. The van der Waals surface area contributed by atoms with E-state index in [4.69, 9.17) is 4.74 Å². The number of rotatable bonds is 7. The molecule has 0 saturated carbocycles. The van der Waals surface area contributed by atoms with Gasteiger partial charge in [-0.05, 0) is 43.9 Å². The summed E-state index contributed by atoms with van der Waals surface area (Å²) in [5.41, 5.74) is 0.287. The molecule has 25 heavy (non-hydrogen) atoms. The predicted molar refractivity (Wildman–Crippen MR) is 97.8 cm³/mol. The molecule has 1 fully saturated rings. The molecule has 7 heteroatoms. The van der Waals surface area contributed by atoms with E-state index in [2.05, 4.69) is 5.32 Å². The van der Waals surface area contributed by atoms with Crippen molar-refractivity contribution in [3.8, 4) is 5.75 Å². The van der Waals surface area contributed by atoms with E-state index in [1.54, 1.807) is 7.11 Å². The Morgan fingerprint density at radius 2 is 2.00 bits per heavy atom. The lowest BCUT2D eigenvalue weighted by atomic mass is 9.82. The van der Waals surface area contributed by atoms with Crippen LogP contribution in [0.15, 0.2) is 24.3 Å². The number of hydrogen-bond acceptors (Lipinski definition) is 4. The molecule has 1 heterocycles. The summed E-state index contributed by atoms with van der Waals surface area (Å²) in [6.45, 7) is 4.87. The van der Waals surface area contributed by atoms with Crippen LogP contribution in [0.2, 0.25) is 0 Å². The zero-order valence-corrected chi connectivity index (χ0v) is 16.1. The molecular weight excluding hydrogens is 340 g/mol. The van der Waals surface area contributed by atoms with Crippen molar-refractivity contribution in [2.75, 3.05) is 26.0 Å². The summed E-state index contributed by atoms with van der Waals surface area (Å²) < 4.78 is 31.2. The van der Waals surface area contributed by atoms with E-state index in [1.807, 2.05) is 38.1 Å². The topological polar surface area (TPSA) is 75.7 Å². The lowest BCUT2D eigenvalue weighted by Crippen LogP contribution is -2.52. The van der Waals surface area contributed by atoms with Crippen molar-refractivity contribution in [1.29, 1.82) is 0 Å². The van der Waals surface area contributed by atoms with Gasteiger partial charge in [0.05, 0.1) is 18.3 Å². The van der Waals surface area contributed by atoms with Crippen molar-refractivity contribution >= 4 is 15.9 Å². The van der Waals surface area contributed by atoms with Gasteiger partial charge < -0.3 is 10.1 Å². The lowest BCUT2D eigenvalue weighted by Gasteiger charge is -2.38. The monoisotopic (exact) mass is 368 g/mol. The molecule has 1 aromatic rings. The third-order valence-corrected chi connectivity index (χ3v) is 6.70. The Labute approximate surface area is 150 Å². The number of carbonyl (C=O) groups excluding carboxylic acids is 1. The summed E-state index contributed by atoms with van der Waals surface area (Å²) in [4.78, 5) is 12.7. The van der Waals surface area contributed by atoms with E-state index in [-0.39, 0.29) is 18.2 Å². The highest BCUT2D eigenvalue weighted by atomic mass is 32.2. The average Bonchev–Trinajstić information content (AvgIpc) is 2.60. The summed E-state index contributed by atoms with van der Waals surface area (Å²) in [5.74, 6) is 0.808. The van der Waals surface area contributed by atoms with Gasteiger partial charge in [-0.15, -0.1) is 0 Å². The normalized spacial score (nSPS) is 21.7. The number of piperidine rings is 1. The number of benzene rings is 1. The van der Waals surface area contributed by atoms with Crippen molar-refractivity contribution in [3.63, 3.8) is 0 Å². The van der Waals surface area contributed by atoms with E-state index in [0.29, 0.717) is 32.4 Å². The molecule has 1 aliphatic heterocycles. The lowest BCUT2D eigenvalue weighted by molar-refractivity contribution is -0.132. The van der Waals surface area contributed by atoms with Crippen LogP contribution in [-0.4, -0.2) is 44.6 Å². The standard InChI is InChI=1S/C18H28N2O4S/c1-4-12-25(22,23)20-11-5-10-18(2,14-20)17(21)19-13-15-6-8-16(24-3)9-7-15/h6-9H,4-5,10-14H2,1-3H3,(H,19,21). The van der Waals surface area contributed by atoms with Crippen LogP contribution in [0.5, 0.6) is 5.75 Å². The third-order valence-electron chi connectivity index (χ3n) is 4.68. The predicted octanol–water partition coefficient (Wildman–Crippen LogP) is 2.15. The van der Waals surface area contributed by atoms with Gasteiger partial charge in [0.2, 0.25) is 15.9 Å². The van der Waals surface area contributed by atoms with Crippen LogP contribution in [0.25, 0.3) is 0 Å². The fourth-order valence-electron chi connectivity index (χ4n) is 3.14. The first-order valence-electron chi connectivity index (χ1n) is 8.70. The first-order valence-corrected chi connectivity index (χ1v) is 10.3. The number of methoxy groups -OCH3 is 1. The first-order chi connectivity index (χ1) is 11.8. The highest BCUT2D eigenvalue weighted by Gasteiger charge is 2.41. The molecule has 0 bridgehead atoms. The first kappa shape index (κ1) is 19.7. The van der Waals surface area contributed by atoms with E-state index in [0.717, 1.165) is 11.3 Å². The Balaban J connectivity index is 1.99. The maximum absolute atomic E-state index is 12.7. The molecule has 0 radical (unpaired) electrons. The van der Waals surface area contributed by atoms with E-state index >= 15 is 0 Å². The number of hydrogen-bond donors (Lipinski definition) is 1. The van der Waals surface area contributed by atoms with Gasteiger partial charge >= 0.3 is 0 Å². The van der Waals surface area contributed by atoms with Gasteiger partial charge in [0.25, 0.3) is 0 Å². The Bertz CT molecular complexity index is 688. The Kier molecular flexibility index (Phi) is 6.46. The second-order valence-electron chi connectivity index (χ2n) is 6.84. The minimum absolute atomic E-state index is 0.0975. The van der Waals surface area contributed by atoms with Crippen molar-refractivity contribution in [2.24, 2.45) is 5.41 Å². The van der Waals surface area contributed by atoms with Gasteiger partial charge in [-0.25, -0.2) is 12.7 Å². The van der Waals surface area contributed by atoms with Crippen LogP contribution in [0.3, 0.4) is 0 Å². The number of amides is 1. The summed E-state index contributed by atoms with van der Waals surface area (Å²) in [5, 5.41) is 2.95. The molecule has 1 N–H and O–H groups in total. The number of nitrogens with one attached hydrogen (secondary N) is 1. The van der Waals surface area contributed by atoms with Crippen molar-refractivity contribution < 1.29 is 17.9 Å². The van der Waals surface area contributed by atoms with E-state index in [9.17, 15) is 13.2 Å². The number of nitrogens with zero attached hydrogens (tertiary/aromatic N) is 1. The Morgan fingerprint density at radius 1 is 1.32 bits per heavy atom. The smallest absolute Gasteiger partial charge is 0.227 e. The molecule has 1 saturated heterocycles. The summed E-state index contributed by atoms with van der Waals surface area (Å²) in [6, 6.07) is 7.51. The molecule has 0 aromatic heterocycles. The number of ether oxygens (including phenoxy) is 1. The molecule has 0 spiro atoms. The Morgan fingerprint density at radius 3 is 2.60 bits per heavy atom. The van der Waals surface area contributed by atoms with Crippen LogP contribution in [0.1, 0.15) is 38.7 Å². The van der Waals surface area contributed by atoms with Gasteiger partial charge in [0.1, 0.15) is 5.75 Å². The zero-order chi connectivity index (χ0) is 18.5. The molecule has 2 rings (SSSR count). The highest BCUT2D eigenvalue weighted by Crippen LogP contribution is 2.31. The summed E-state index contributed by atoms with van der Waals surface area (Å²) in [7, 11) is -1.66. The molecule has 6 nitrogen and oxygen atoms in total. The van der Waals surface area contributed by atoms with Crippen LogP contribution in [0.4, 0.5) is 0 Å². The Hall–Kier alpha value is -1.60. The van der Waals surface area contributed by atoms with Crippen LogP contribution < -0.4 is 10.1 Å². The van der Waals surface area contributed by atoms with Crippen molar-refractivity contribution in [3.05, 3.63) is 29.8 Å². The number of carbonyl (C=O) groups is 1. The summed E-state index contributed by atoms with van der Waals surface area (Å²) in [6.07, 6.45) is 1.98. The molecule has 1 aliphatic rings. The quantitative estimate of drug-likeness (QED) is 0.800. The summed E-state index contributed by atoms with van der Waals surface area (Å²) >= 11 is 0. The van der Waals surface area contributed by atoms with Crippen LogP contribution in [-0.2, 0) is 21.4 Å². The maximum Gasteiger partial charge on any atom is 0.227 e. The SMILES string of the molecule is CCCS(=O)(=O)N1CCCC(C)(C(=O)NCc2ccc(OC)cc2)C1. The van der Waals surface area contributed by atoms with Gasteiger partial charge in [-0.3, -0.25) is 4.79 Å². The van der Waals surface area contributed by atoms with Gasteiger partial charge in [0.15, 0.2) is 0 Å². The fraction of sp³-hybridized carbons (Fsp3) is 0.611. The third kappa shape index (κ3) is 4.95. The molecule has 0 aliphatic carbocycles. The van der Waals surface area contributed by atoms with Crippen LogP contribution in [0, 0.1) is 5.41 Å². The molecule has 1 unspecified atom stereocenters. The second kappa shape index (κ2) is 8.19. The minimum Gasteiger partial charge on any atom is -0.497 e. The van der Waals surface area contributed by atoms with E-state index in [1.165, 1.54) is 4.31 Å². The second-order valence-corrected chi connectivity index (χ2v) is 8.93. The maximum atomic E-state index is 12.7. The highest BCUT2D eigenvalue weighted by molar-refractivity contribution is 7.89. The minimum atomic E-state index is -3.27. The molecule has 1 aromatic carbocycles. The average molecular weight is 368 g/mol. The van der Waals surface area contributed by atoms with Crippen molar-refractivity contribution in [1.82, 2.24) is 9.62 Å². The van der Waals surface area contributed by atoms with Gasteiger partial charge in [-0.1, -0.05) is 19.1 Å². The van der Waals surface area contributed by atoms with Crippen molar-refractivity contribution in [2.45, 2.75) is 39.7 Å². The molecular formula is C18H28N2O4S. The van der Waals surface area contributed by atoms with E-state index < -0.39 is 15.4 Å².